The summed E-state index contributed by atoms with van der Waals surface area (Å²) in [6.07, 6.45) is 6.10. The molecule has 0 radical (unpaired) electrons. The second-order valence-electron chi connectivity index (χ2n) is 8.47. The van der Waals surface area contributed by atoms with Crippen LogP contribution in [-0.2, 0) is 4.79 Å². The highest BCUT2D eigenvalue weighted by molar-refractivity contribution is 5.79. The molecule has 2 aromatic carbocycles. The maximum atomic E-state index is 13.5. The van der Waals surface area contributed by atoms with Gasteiger partial charge in [0.25, 0.3) is 0 Å². The lowest BCUT2D eigenvalue weighted by Crippen LogP contribution is -2.44. The van der Waals surface area contributed by atoms with E-state index in [0.717, 1.165) is 43.5 Å². The molecule has 1 aromatic heterocycles. The van der Waals surface area contributed by atoms with Gasteiger partial charge in [0.05, 0.1) is 5.92 Å². The van der Waals surface area contributed by atoms with Crippen molar-refractivity contribution in [2.24, 2.45) is 5.92 Å². The molecule has 1 N–H and O–H groups in total. The summed E-state index contributed by atoms with van der Waals surface area (Å²) >= 11 is 0. The fourth-order valence-corrected chi connectivity index (χ4v) is 4.16. The molecule has 1 aliphatic heterocycles. The monoisotopic (exact) mass is 447 g/mol. The molecule has 0 unspecified atom stereocenters. The molecular weight excluding hydrogens is 417 g/mol. The number of carbonyl (C=O) groups is 1. The first-order chi connectivity index (χ1) is 16.1. The molecular formula is C26H30FN5O. The van der Waals surface area contributed by atoms with Crippen LogP contribution in [0.1, 0.15) is 19.3 Å². The number of anilines is 2. The average Bonchev–Trinajstić information content (AvgIpc) is 2.87. The van der Waals surface area contributed by atoms with Gasteiger partial charge in [-0.15, -0.1) is 0 Å². The van der Waals surface area contributed by atoms with Gasteiger partial charge in [-0.2, -0.15) is 0 Å². The van der Waals surface area contributed by atoms with Crippen molar-refractivity contribution in [1.82, 2.24) is 15.3 Å². The number of aromatic nitrogens is 2. The number of halogens is 1. The van der Waals surface area contributed by atoms with Gasteiger partial charge in [-0.05, 0) is 49.1 Å². The van der Waals surface area contributed by atoms with Crippen LogP contribution < -0.4 is 15.1 Å². The van der Waals surface area contributed by atoms with Crippen LogP contribution >= 0.6 is 0 Å². The number of para-hydroxylation sites is 1. The van der Waals surface area contributed by atoms with Gasteiger partial charge in [-0.25, -0.2) is 14.4 Å². The molecule has 1 atom stereocenters. The Balaban J connectivity index is 1.26. The zero-order valence-corrected chi connectivity index (χ0v) is 19.0. The predicted molar refractivity (Wildman–Crippen MR) is 130 cm³/mol. The number of amides is 1. The summed E-state index contributed by atoms with van der Waals surface area (Å²) in [6.45, 7) is 2.97. The summed E-state index contributed by atoms with van der Waals surface area (Å²) in [4.78, 5) is 26.0. The summed E-state index contributed by atoms with van der Waals surface area (Å²) in [5, 5.41) is 3.10. The van der Waals surface area contributed by atoms with Crippen molar-refractivity contribution in [3.05, 3.63) is 72.8 Å². The molecule has 33 heavy (non-hydrogen) atoms. The van der Waals surface area contributed by atoms with Crippen molar-refractivity contribution in [2.75, 3.05) is 43.0 Å². The third-order valence-electron chi connectivity index (χ3n) is 6.04. The number of carbonyl (C=O) groups excluding carboxylic acids is 1. The van der Waals surface area contributed by atoms with Crippen LogP contribution in [0.4, 0.5) is 16.0 Å². The molecule has 0 aliphatic carbocycles. The largest absolute Gasteiger partial charge is 0.375 e. The molecule has 2 heterocycles. The summed E-state index contributed by atoms with van der Waals surface area (Å²) in [5.41, 5.74) is 2.69. The fraction of sp³-hybridized carbons (Fsp3) is 0.346. The van der Waals surface area contributed by atoms with Crippen molar-refractivity contribution in [3.63, 3.8) is 0 Å². The Labute approximate surface area is 194 Å². The molecule has 6 nitrogen and oxygen atoms in total. The normalized spacial score (nSPS) is 15.8. The molecule has 3 aromatic rings. The van der Waals surface area contributed by atoms with Crippen LogP contribution in [0.5, 0.6) is 0 Å². The lowest BCUT2D eigenvalue weighted by Gasteiger charge is -2.32. The Morgan fingerprint density at radius 2 is 1.91 bits per heavy atom. The van der Waals surface area contributed by atoms with E-state index in [4.69, 9.17) is 0 Å². The molecule has 1 fully saturated rings. The number of hydrogen-bond acceptors (Lipinski definition) is 5. The van der Waals surface area contributed by atoms with Gasteiger partial charge >= 0.3 is 0 Å². The maximum Gasteiger partial charge on any atom is 0.225 e. The Bertz CT molecular complexity index is 1040. The van der Waals surface area contributed by atoms with Crippen molar-refractivity contribution < 1.29 is 9.18 Å². The van der Waals surface area contributed by atoms with E-state index < -0.39 is 0 Å². The van der Waals surface area contributed by atoms with E-state index in [1.165, 1.54) is 17.8 Å². The first-order valence-electron chi connectivity index (χ1n) is 11.5. The highest BCUT2D eigenvalue weighted by Crippen LogP contribution is 2.23. The third-order valence-corrected chi connectivity index (χ3v) is 6.04. The minimum Gasteiger partial charge on any atom is -0.375 e. The fourth-order valence-electron chi connectivity index (χ4n) is 4.16. The van der Waals surface area contributed by atoms with E-state index >= 15 is 0 Å². The Kier molecular flexibility index (Phi) is 7.50. The molecule has 7 heteroatoms. The van der Waals surface area contributed by atoms with Crippen LogP contribution in [0.25, 0.3) is 11.1 Å². The highest BCUT2D eigenvalue weighted by Gasteiger charge is 2.27. The Hall–Kier alpha value is -3.48. The van der Waals surface area contributed by atoms with Crippen molar-refractivity contribution in [3.8, 4) is 11.1 Å². The van der Waals surface area contributed by atoms with Gasteiger partial charge in [-0.3, -0.25) is 4.79 Å². The lowest BCUT2D eigenvalue weighted by atomic mass is 9.97. The van der Waals surface area contributed by atoms with Crippen molar-refractivity contribution in [2.45, 2.75) is 19.3 Å². The number of piperidine rings is 1. The number of nitrogens with one attached hydrogen (secondary N) is 1. The third kappa shape index (κ3) is 6.06. The van der Waals surface area contributed by atoms with E-state index in [1.54, 1.807) is 18.5 Å². The van der Waals surface area contributed by atoms with Gasteiger partial charge in [0.1, 0.15) is 5.82 Å². The second-order valence-corrected chi connectivity index (χ2v) is 8.47. The summed E-state index contributed by atoms with van der Waals surface area (Å²) in [7, 11) is 2.07. The standard InChI is InChI=1S/C26H30FN5O/c1-31(24-11-3-2-4-12-24)14-7-13-28-25(33)21-9-6-15-32(19-21)26-29-17-22(18-30-26)20-8-5-10-23(27)16-20/h2-5,8,10-12,16-18,21H,6-7,9,13-15,19H2,1H3,(H,28,33)/t21-/m0/s1. The lowest BCUT2D eigenvalue weighted by molar-refractivity contribution is -0.125. The predicted octanol–water partition coefficient (Wildman–Crippen LogP) is 4.14. The van der Waals surface area contributed by atoms with E-state index in [0.29, 0.717) is 19.0 Å². The van der Waals surface area contributed by atoms with Crippen LogP contribution in [0.15, 0.2) is 67.0 Å². The van der Waals surface area contributed by atoms with E-state index in [-0.39, 0.29) is 17.6 Å². The van der Waals surface area contributed by atoms with Gasteiger partial charge in [0.2, 0.25) is 11.9 Å². The van der Waals surface area contributed by atoms with Crippen molar-refractivity contribution in [1.29, 1.82) is 0 Å². The molecule has 0 spiro atoms. The molecule has 0 bridgehead atoms. The van der Waals surface area contributed by atoms with Crippen molar-refractivity contribution >= 4 is 17.5 Å². The van der Waals surface area contributed by atoms with Gasteiger partial charge < -0.3 is 15.1 Å². The van der Waals surface area contributed by atoms with Gasteiger partial charge in [0.15, 0.2) is 0 Å². The first kappa shape index (κ1) is 22.7. The molecule has 172 valence electrons. The Morgan fingerprint density at radius 3 is 2.67 bits per heavy atom. The number of benzene rings is 2. The number of nitrogens with zero attached hydrogens (tertiary/aromatic N) is 4. The first-order valence-corrected chi connectivity index (χ1v) is 11.5. The van der Waals surface area contributed by atoms with Crippen LogP contribution in [0, 0.1) is 11.7 Å². The highest BCUT2D eigenvalue weighted by atomic mass is 19.1. The molecule has 4 rings (SSSR count). The van der Waals surface area contributed by atoms with E-state index in [1.807, 2.05) is 24.3 Å². The number of rotatable bonds is 8. The zero-order valence-electron chi connectivity index (χ0n) is 19.0. The Morgan fingerprint density at radius 1 is 1.12 bits per heavy atom. The van der Waals surface area contributed by atoms with E-state index in [2.05, 4.69) is 44.3 Å². The van der Waals surface area contributed by atoms with Gasteiger partial charge in [-0.1, -0.05) is 30.3 Å². The number of hydrogen-bond donors (Lipinski definition) is 1. The molecule has 1 saturated heterocycles. The minimum absolute atomic E-state index is 0.0721. The van der Waals surface area contributed by atoms with Crippen LogP contribution in [-0.4, -0.2) is 49.1 Å². The van der Waals surface area contributed by atoms with E-state index in [9.17, 15) is 9.18 Å². The van der Waals surface area contributed by atoms with Crippen LogP contribution in [0.3, 0.4) is 0 Å². The van der Waals surface area contributed by atoms with Gasteiger partial charge in [0, 0.05) is 56.9 Å². The maximum absolute atomic E-state index is 13.5. The van der Waals surface area contributed by atoms with Crippen LogP contribution in [0.2, 0.25) is 0 Å². The summed E-state index contributed by atoms with van der Waals surface area (Å²) in [6, 6.07) is 16.6. The quantitative estimate of drug-likeness (QED) is 0.526. The second kappa shape index (κ2) is 10.9. The zero-order chi connectivity index (χ0) is 23.0. The molecule has 1 aliphatic rings. The molecule has 0 saturated carbocycles. The average molecular weight is 448 g/mol. The minimum atomic E-state index is -0.284. The smallest absolute Gasteiger partial charge is 0.225 e. The SMILES string of the molecule is CN(CCCNC(=O)[C@H]1CCCN(c2ncc(-c3cccc(F)c3)cn2)C1)c1ccccc1. The summed E-state index contributed by atoms with van der Waals surface area (Å²) in [5.74, 6) is 0.348. The topological polar surface area (TPSA) is 61.4 Å². The molecule has 1 amide bonds. The summed E-state index contributed by atoms with van der Waals surface area (Å²) < 4.78 is 13.5.